The summed E-state index contributed by atoms with van der Waals surface area (Å²) in [6.07, 6.45) is 1.04. The molecule has 0 unspecified atom stereocenters. The van der Waals surface area contributed by atoms with Crippen LogP contribution in [0.4, 0.5) is 4.39 Å². The van der Waals surface area contributed by atoms with Crippen molar-refractivity contribution in [2.45, 2.75) is 6.04 Å². The fourth-order valence-electron chi connectivity index (χ4n) is 1.10. The summed E-state index contributed by atoms with van der Waals surface area (Å²) in [7, 11) is -3.28. The van der Waals surface area contributed by atoms with Crippen LogP contribution in [0.2, 0.25) is 5.02 Å². The van der Waals surface area contributed by atoms with Crippen LogP contribution in [-0.2, 0) is 10.0 Å². The Kier molecular flexibility index (Phi) is 4.26. The molecule has 1 rings (SSSR count). The molecule has 7 heteroatoms. The molecule has 1 aromatic carbocycles. The van der Waals surface area contributed by atoms with Gasteiger partial charge in [-0.2, -0.15) is 0 Å². The van der Waals surface area contributed by atoms with Gasteiger partial charge in [0.05, 0.1) is 11.3 Å². The van der Waals surface area contributed by atoms with Crippen molar-refractivity contribution < 1.29 is 12.8 Å². The first-order chi connectivity index (χ1) is 7.29. The second kappa shape index (κ2) is 5.09. The van der Waals surface area contributed by atoms with Crippen molar-refractivity contribution in [1.29, 1.82) is 0 Å². The first kappa shape index (κ1) is 13.4. The Labute approximate surface area is 98.6 Å². The first-order valence-corrected chi connectivity index (χ1v) is 6.71. The van der Waals surface area contributed by atoms with Gasteiger partial charge in [-0.05, 0) is 17.7 Å². The summed E-state index contributed by atoms with van der Waals surface area (Å²) in [4.78, 5) is 0. The lowest BCUT2D eigenvalue weighted by Gasteiger charge is -2.12. The lowest BCUT2D eigenvalue weighted by Crippen LogP contribution is -2.31. The SMILES string of the molecule is CS(=O)(=O)NC[C@@H](N)c1ccc(F)c(Cl)c1. The molecule has 1 aromatic rings. The molecule has 0 heterocycles. The van der Waals surface area contributed by atoms with E-state index in [0.717, 1.165) is 6.26 Å². The van der Waals surface area contributed by atoms with E-state index < -0.39 is 21.9 Å². The van der Waals surface area contributed by atoms with Gasteiger partial charge >= 0.3 is 0 Å². The molecule has 4 nitrogen and oxygen atoms in total. The molecule has 0 aromatic heterocycles. The minimum atomic E-state index is -3.28. The van der Waals surface area contributed by atoms with Crippen LogP contribution in [0, 0.1) is 5.82 Å². The van der Waals surface area contributed by atoms with E-state index in [2.05, 4.69) is 4.72 Å². The maximum Gasteiger partial charge on any atom is 0.208 e. The molecular formula is C9H12ClFN2O2S. The summed E-state index contributed by atoms with van der Waals surface area (Å²) in [5.74, 6) is -0.534. The Morgan fingerprint density at radius 3 is 2.69 bits per heavy atom. The van der Waals surface area contributed by atoms with E-state index in [9.17, 15) is 12.8 Å². The second-order valence-corrected chi connectivity index (χ2v) is 5.64. The zero-order valence-electron chi connectivity index (χ0n) is 8.57. The van der Waals surface area contributed by atoms with E-state index in [4.69, 9.17) is 17.3 Å². The summed E-state index contributed by atoms with van der Waals surface area (Å²) in [5.41, 5.74) is 6.28. The van der Waals surface area contributed by atoms with Crippen LogP contribution in [0.5, 0.6) is 0 Å². The molecule has 0 spiro atoms. The third-order valence-electron chi connectivity index (χ3n) is 1.94. The summed E-state index contributed by atoms with van der Waals surface area (Å²) in [6.45, 7) is 0.0425. The van der Waals surface area contributed by atoms with E-state index in [1.165, 1.54) is 18.2 Å². The minimum absolute atomic E-state index is 0.0349. The molecule has 1 atom stereocenters. The minimum Gasteiger partial charge on any atom is -0.323 e. The highest BCUT2D eigenvalue weighted by Gasteiger charge is 2.10. The van der Waals surface area contributed by atoms with Gasteiger partial charge in [0.2, 0.25) is 10.0 Å². The maximum absolute atomic E-state index is 12.9. The standard InChI is InChI=1S/C9H12ClFN2O2S/c1-16(14,15)13-5-9(12)6-2-3-8(11)7(10)4-6/h2-4,9,13H,5,12H2,1H3/t9-/m1/s1. The third kappa shape index (κ3) is 4.05. The van der Waals surface area contributed by atoms with Gasteiger partial charge in [0.15, 0.2) is 0 Å². The lowest BCUT2D eigenvalue weighted by atomic mass is 10.1. The van der Waals surface area contributed by atoms with Gasteiger partial charge in [0, 0.05) is 12.6 Å². The van der Waals surface area contributed by atoms with Crippen molar-refractivity contribution in [3.8, 4) is 0 Å². The van der Waals surface area contributed by atoms with Gasteiger partial charge < -0.3 is 5.73 Å². The molecular weight excluding hydrogens is 255 g/mol. The van der Waals surface area contributed by atoms with Crippen LogP contribution < -0.4 is 10.5 Å². The quantitative estimate of drug-likeness (QED) is 0.855. The average molecular weight is 267 g/mol. The van der Waals surface area contributed by atoms with Gasteiger partial charge in [-0.15, -0.1) is 0 Å². The van der Waals surface area contributed by atoms with Crippen LogP contribution in [0.25, 0.3) is 0 Å². The van der Waals surface area contributed by atoms with Crippen LogP contribution in [0.3, 0.4) is 0 Å². The Morgan fingerprint density at radius 2 is 2.19 bits per heavy atom. The van der Waals surface area contributed by atoms with Crippen molar-refractivity contribution in [1.82, 2.24) is 4.72 Å². The van der Waals surface area contributed by atoms with E-state index in [1.807, 2.05) is 0 Å². The summed E-state index contributed by atoms with van der Waals surface area (Å²) in [6, 6.07) is 3.48. The van der Waals surface area contributed by atoms with Crippen molar-refractivity contribution in [2.24, 2.45) is 5.73 Å². The molecule has 0 amide bonds. The largest absolute Gasteiger partial charge is 0.323 e. The predicted octanol–water partition coefficient (Wildman–Crippen LogP) is 1.03. The predicted molar refractivity (Wildman–Crippen MR) is 61.2 cm³/mol. The molecule has 0 aliphatic carbocycles. The highest BCUT2D eigenvalue weighted by atomic mass is 35.5. The first-order valence-electron chi connectivity index (χ1n) is 4.45. The lowest BCUT2D eigenvalue weighted by molar-refractivity contribution is 0.577. The molecule has 16 heavy (non-hydrogen) atoms. The number of sulfonamides is 1. The zero-order chi connectivity index (χ0) is 12.3. The van der Waals surface area contributed by atoms with Gasteiger partial charge in [-0.1, -0.05) is 17.7 Å². The average Bonchev–Trinajstić information content (AvgIpc) is 2.17. The number of benzene rings is 1. The number of nitrogens with two attached hydrogens (primary N) is 1. The topological polar surface area (TPSA) is 72.2 Å². The Morgan fingerprint density at radius 1 is 1.56 bits per heavy atom. The molecule has 0 radical (unpaired) electrons. The van der Waals surface area contributed by atoms with E-state index in [-0.39, 0.29) is 11.6 Å². The molecule has 3 N–H and O–H groups in total. The van der Waals surface area contributed by atoms with Crippen LogP contribution in [0.1, 0.15) is 11.6 Å². The summed E-state index contributed by atoms with van der Waals surface area (Å²) < 4.78 is 36.8. The Balaban J connectivity index is 2.73. The Hall–Kier alpha value is -0.690. The molecule has 0 saturated carbocycles. The van der Waals surface area contributed by atoms with E-state index in [1.54, 1.807) is 0 Å². The fourth-order valence-corrected chi connectivity index (χ4v) is 1.77. The highest BCUT2D eigenvalue weighted by Crippen LogP contribution is 2.19. The smallest absolute Gasteiger partial charge is 0.208 e. The number of halogens is 2. The fraction of sp³-hybridized carbons (Fsp3) is 0.333. The van der Waals surface area contributed by atoms with Crippen molar-refractivity contribution >= 4 is 21.6 Å². The summed E-state index contributed by atoms with van der Waals surface area (Å²) in [5, 5.41) is -0.0349. The molecule has 0 aliphatic heterocycles. The number of rotatable bonds is 4. The van der Waals surface area contributed by atoms with E-state index in [0.29, 0.717) is 5.56 Å². The molecule has 0 fully saturated rings. The normalized spacial score (nSPS) is 13.8. The monoisotopic (exact) mass is 266 g/mol. The molecule has 0 saturated heterocycles. The Bertz CT molecular complexity index is 478. The number of hydrogen-bond donors (Lipinski definition) is 2. The van der Waals surface area contributed by atoms with Crippen molar-refractivity contribution in [3.63, 3.8) is 0 Å². The summed E-state index contributed by atoms with van der Waals surface area (Å²) >= 11 is 5.58. The second-order valence-electron chi connectivity index (χ2n) is 3.40. The maximum atomic E-state index is 12.9. The molecule has 0 bridgehead atoms. The van der Waals surface area contributed by atoms with Gasteiger partial charge in [-0.3, -0.25) is 0 Å². The van der Waals surface area contributed by atoms with Crippen LogP contribution >= 0.6 is 11.6 Å². The van der Waals surface area contributed by atoms with Gasteiger partial charge in [0.1, 0.15) is 5.82 Å². The number of nitrogens with one attached hydrogen (secondary N) is 1. The molecule has 90 valence electrons. The van der Waals surface area contributed by atoms with Crippen molar-refractivity contribution in [2.75, 3.05) is 12.8 Å². The van der Waals surface area contributed by atoms with Gasteiger partial charge in [-0.25, -0.2) is 17.5 Å². The highest BCUT2D eigenvalue weighted by molar-refractivity contribution is 7.88. The molecule has 0 aliphatic rings. The van der Waals surface area contributed by atoms with E-state index >= 15 is 0 Å². The zero-order valence-corrected chi connectivity index (χ0v) is 10.1. The van der Waals surface area contributed by atoms with Crippen LogP contribution in [-0.4, -0.2) is 21.2 Å². The van der Waals surface area contributed by atoms with Crippen molar-refractivity contribution in [3.05, 3.63) is 34.6 Å². The van der Waals surface area contributed by atoms with Crippen LogP contribution in [0.15, 0.2) is 18.2 Å². The van der Waals surface area contributed by atoms with Gasteiger partial charge in [0.25, 0.3) is 0 Å². The number of hydrogen-bond acceptors (Lipinski definition) is 3. The third-order valence-corrected chi connectivity index (χ3v) is 2.92.